The monoisotopic (exact) mass is 199 g/mol. The number of carbonyl (C=O) groups excluding carboxylic acids is 1. The zero-order valence-corrected chi connectivity index (χ0v) is 9.21. The van der Waals surface area contributed by atoms with Gasteiger partial charge >= 0.3 is 5.97 Å². The molecule has 0 aromatic carbocycles. The molecule has 3 heteroatoms. The van der Waals surface area contributed by atoms with Crippen LogP contribution in [0.3, 0.4) is 0 Å². The standard InChI is InChI=1S/C11H21NO2/c1-3-10(11(13)14-2)8-12-7-9-5-4-6-9/h9-10,12H,3-8H2,1-2H3. The lowest BCUT2D eigenvalue weighted by atomic mass is 9.85. The quantitative estimate of drug-likeness (QED) is 0.660. The maximum atomic E-state index is 11.2. The van der Waals surface area contributed by atoms with Crippen LogP contribution in [0.5, 0.6) is 0 Å². The van der Waals surface area contributed by atoms with Gasteiger partial charge in [-0.2, -0.15) is 0 Å². The summed E-state index contributed by atoms with van der Waals surface area (Å²) in [6.07, 6.45) is 4.93. The average Bonchev–Trinajstić information content (AvgIpc) is 2.14. The van der Waals surface area contributed by atoms with Gasteiger partial charge < -0.3 is 10.1 Å². The molecule has 14 heavy (non-hydrogen) atoms. The van der Waals surface area contributed by atoms with Crippen molar-refractivity contribution in [1.82, 2.24) is 5.32 Å². The van der Waals surface area contributed by atoms with Gasteiger partial charge in [0, 0.05) is 6.54 Å². The van der Waals surface area contributed by atoms with Gasteiger partial charge in [-0.15, -0.1) is 0 Å². The fraction of sp³-hybridized carbons (Fsp3) is 0.909. The third-order valence-electron chi connectivity index (χ3n) is 3.08. The van der Waals surface area contributed by atoms with Crippen LogP contribution in [0, 0.1) is 11.8 Å². The summed E-state index contributed by atoms with van der Waals surface area (Å²) < 4.78 is 4.72. The van der Waals surface area contributed by atoms with Crippen LogP contribution in [-0.4, -0.2) is 26.2 Å². The Kier molecular flexibility index (Phi) is 4.94. The Hall–Kier alpha value is -0.570. The number of rotatable bonds is 6. The van der Waals surface area contributed by atoms with E-state index in [4.69, 9.17) is 4.74 Å². The zero-order chi connectivity index (χ0) is 10.4. The normalized spacial score (nSPS) is 18.7. The second-order valence-corrected chi connectivity index (χ2v) is 4.08. The maximum Gasteiger partial charge on any atom is 0.309 e. The minimum Gasteiger partial charge on any atom is -0.469 e. The smallest absolute Gasteiger partial charge is 0.309 e. The van der Waals surface area contributed by atoms with E-state index < -0.39 is 0 Å². The summed E-state index contributed by atoms with van der Waals surface area (Å²) in [7, 11) is 1.46. The van der Waals surface area contributed by atoms with Gasteiger partial charge in [0.25, 0.3) is 0 Å². The van der Waals surface area contributed by atoms with Gasteiger partial charge in [-0.05, 0) is 31.7 Å². The van der Waals surface area contributed by atoms with Crippen molar-refractivity contribution in [1.29, 1.82) is 0 Å². The van der Waals surface area contributed by atoms with E-state index in [0.29, 0.717) is 0 Å². The summed E-state index contributed by atoms with van der Waals surface area (Å²) in [4.78, 5) is 11.2. The molecule has 1 aliphatic carbocycles. The molecular formula is C11H21NO2. The largest absolute Gasteiger partial charge is 0.469 e. The average molecular weight is 199 g/mol. The number of methoxy groups -OCH3 is 1. The Morgan fingerprint density at radius 2 is 2.29 bits per heavy atom. The lowest BCUT2D eigenvalue weighted by molar-refractivity contribution is -0.145. The van der Waals surface area contributed by atoms with Crippen molar-refractivity contribution in [3.8, 4) is 0 Å². The van der Waals surface area contributed by atoms with Crippen LogP contribution in [0.1, 0.15) is 32.6 Å². The first kappa shape index (κ1) is 11.5. The van der Waals surface area contributed by atoms with Crippen LogP contribution < -0.4 is 5.32 Å². The first-order valence-electron chi connectivity index (χ1n) is 5.56. The Balaban J connectivity index is 2.09. The molecule has 0 aromatic heterocycles. The van der Waals surface area contributed by atoms with E-state index in [1.807, 2.05) is 6.92 Å². The molecular weight excluding hydrogens is 178 g/mol. The van der Waals surface area contributed by atoms with E-state index in [-0.39, 0.29) is 11.9 Å². The molecule has 0 bridgehead atoms. The second kappa shape index (κ2) is 6.02. The van der Waals surface area contributed by atoms with E-state index in [1.165, 1.54) is 26.4 Å². The molecule has 1 saturated carbocycles. The predicted molar refractivity (Wildman–Crippen MR) is 56.0 cm³/mol. The molecule has 1 rings (SSSR count). The molecule has 1 atom stereocenters. The van der Waals surface area contributed by atoms with Gasteiger partial charge in [-0.25, -0.2) is 0 Å². The first-order chi connectivity index (χ1) is 6.77. The fourth-order valence-electron chi connectivity index (χ4n) is 1.72. The molecule has 0 aliphatic heterocycles. The maximum absolute atomic E-state index is 11.2. The van der Waals surface area contributed by atoms with Crippen LogP contribution in [0.25, 0.3) is 0 Å². The molecule has 1 unspecified atom stereocenters. The number of carbonyl (C=O) groups is 1. The van der Waals surface area contributed by atoms with Crippen molar-refractivity contribution in [3.63, 3.8) is 0 Å². The topological polar surface area (TPSA) is 38.3 Å². The third kappa shape index (κ3) is 3.29. The number of nitrogens with one attached hydrogen (secondary N) is 1. The highest BCUT2D eigenvalue weighted by Crippen LogP contribution is 2.25. The summed E-state index contributed by atoms with van der Waals surface area (Å²) in [6.45, 7) is 3.85. The van der Waals surface area contributed by atoms with E-state index >= 15 is 0 Å². The van der Waals surface area contributed by atoms with Gasteiger partial charge in [0.1, 0.15) is 0 Å². The number of hydrogen-bond donors (Lipinski definition) is 1. The van der Waals surface area contributed by atoms with Gasteiger partial charge in [-0.1, -0.05) is 13.3 Å². The molecule has 0 amide bonds. The highest BCUT2D eigenvalue weighted by Gasteiger charge is 2.19. The molecule has 1 N–H and O–H groups in total. The number of ether oxygens (including phenoxy) is 1. The SMILES string of the molecule is CCC(CNCC1CCC1)C(=O)OC. The highest BCUT2D eigenvalue weighted by molar-refractivity contribution is 5.72. The van der Waals surface area contributed by atoms with E-state index in [0.717, 1.165) is 25.4 Å². The Morgan fingerprint density at radius 3 is 2.71 bits per heavy atom. The van der Waals surface area contributed by atoms with Crippen molar-refractivity contribution in [3.05, 3.63) is 0 Å². The van der Waals surface area contributed by atoms with Crippen LogP contribution in [0.4, 0.5) is 0 Å². The minimum absolute atomic E-state index is 0.0278. The summed E-state index contributed by atoms with van der Waals surface area (Å²) in [5.74, 6) is 0.791. The number of esters is 1. The highest BCUT2D eigenvalue weighted by atomic mass is 16.5. The summed E-state index contributed by atoms with van der Waals surface area (Å²) in [5.41, 5.74) is 0. The third-order valence-corrected chi connectivity index (χ3v) is 3.08. The van der Waals surface area contributed by atoms with E-state index in [9.17, 15) is 4.79 Å². The van der Waals surface area contributed by atoms with Gasteiger partial charge in [0.05, 0.1) is 13.0 Å². The fourth-order valence-corrected chi connectivity index (χ4v) is 1.72. The molecule has 0 aromatic rings. The van der Waals surface area contributed by atoms with Crippen LogP contribution in [0.15, 0.2) is 0 Å². The van der Waals surface area contributed by atoms with E-state index in [1.54, 1.807) is 0 Å². The second-order valence-electron chi connectivity index (χ2n) is 4.08. The lowest BCUT2D eigenvalue weighted by Crippen LogP contribution is -2.34. The molecule has 82 valence electrons. The molecule has 1 fully saturated rings. The molecule has 0 saturated heterocycles. The Labute approximate surface area is 86.2 Å². The van der Waals surface area contributed by atoms with Crippen molar-refractivity contribution in [2.75, 3.05) is 20.2 Å². The number of hydrogen-bond acceptors (Lipinski definition) is 3. The van der Waals surface area contributed by atoms with Crippen molar-refractivity contribution < 1.29 is 9.53 Å². The lowest BCUT2D eigenvalue weighted by Gasteiger charge is -2.26. The van der Waals surface area contributed by atoms with E-state index in [2.05, 4.69) is 5.32 Å². The summed E-state index contributed by atoms with van der Waals surface area (Å²) in [6, 6.07) is 0. The first-order valence-corrected chi connectivity index (χ1v) is 5.56. The Bertz CT molecular complexity index is 178. The molecule has 3 nitrogen and oxygen atoms in total. The van der Waals surface area contributed by atoms with Gasteiger partial charge in [0.15, 0.2) is 0 Å². The molecule has 0 spiro atoms. The van der Waals surface area contributed by atoms with Crippen molar-refractivity contribution >= 4 is 5.97 Å². The van der Waals surface area contributed by atoms with Crippen LogP contribution >= 0.6 is 0 Å². The van der Waals surface area contributed by atoms with Crippen molar-refractivity contribution in [2.45, 2.75) is 32.6 Å². The van der Waals surface area contributed by atoms with Gasteiger partial charge in [-0.3, -0.25) is 4.79 Å². The molecule has 1 aliphatic rings. The van der Waals surface area contributed by atoms with Crippen molar-refractivity contribution in [2.24, 2.45) is 11.8 Å². The van der Waals surface area contributed by atoms with Gasteiger partial charge in [0.2, 0.25) is 0 Å². The molecule has 0 heterocycles. The predicted octanol–water partition coefficient (Wildman–Crippen LogP) is 1.58. The van der Waals surface area contributed by atoms with Crippen LogP contribution in [-0.2, 0) is 9.53 Å². The minimum atomic E-state index is -0.0893. The Morgan fingerprint density at radius 1 is 1.57 bits per heavy atom. The summed E-state index contributed by atoms with van der Waals surface area (Å²) >= 11 is 0. The zero-order valence-electron chi connectivity index (χ0n) is 9.21. The molecule has 0 radical (unpaired) electrons. The van der Waals surface area contributed by atoms with Crippen LogP contribution in [0.2, 0.25) is 0 Å². The summed E-state index contributed by atoms with van der Waals surface area (Å²) in [5, 5.41) is 3.35.